The first-order valence-electron chi connectivity index (χ1n) is 8.12. The highest BCUT2D eigenvalue weighted by molar-refractivity contribution is 7.12. The van der Waals surface area contributed by atoms with Gasteiger partial charge in [-0.3, -0.25) is 9.59 Å². The molecule has 0 aliphatic heterocycles. The van der Waals surface area contributed by atoms with Crippen molar-refractivity contribution in [2.75, 3.05) is 0 Å². The molecule has 1 atom stereocenters. The zero-order chi connectivity index (χ0) is 16.1. The van der Waals surface area contributed by atoms with E-state index in [9.17, 15) is 9.59 Å². The van der Waals surface area contributed by atoms with Gasteiger partial charge in [0, 0.05) is 18.9 Å². The van der Waals surface area contributed by atoms with Crippen LogP contribution in [-0.2, 0) is 11.2 Å². The molecule has 120 valence electrons. The van der Waals surface area contributed by atoms with Crippen LogP contribution in [0, 0.1) is 5.92 Å². The van der Waals surface area contributed by atoms with Gasteiger partial charge in [0.25, 0.3) is 0 Å². The molecular formula is C19H21NO2S. The van der Waals surface area contributed by atoms with Gasteiger partial charge < -0.3 is 5.32 Å². The zero-order valence-corrected chi connectivity index (χ0v) is 13.9. The smallest absolute Gasteiger partial charge is 0.220 e. The third-order valence-electron chi connectivity index (χ3n) is 4.21. The Labute approximate surface area is 140 Å². The molecule has 4 heteroatoms. The van der Waals surface area contributed by atoms with E-state index in [0.717, 1.165) is 11.3 Å². The van der Waals surface area contributed by atoms with E-state index >= 15 is 0 Å². The maximum Gasteiger partial charge on any atom is 0.220 e. The summed E-state index contributed by atoms with van der Waals surface area (Å²) in [5.74, 6) is 0.635. The first kappa shape index (κ1) is 15.9. The Morgan fingerprint density at radius 1 is 1.09 bits per heavy atom. The maximum absolute atomic E-state index is 12.2. The molecule has 1 fully saturated rings. The fourth-order valence-corrected chi connectivity index (χ4v) is 3.46. The molecule has 23 heavy (non-hydrogen) atoms. The predicted octanol–water partition coefficient (Wildman–Crippen LogP) is 3.85. The lowest BCUT2D eigenvalue weighted by molar-refractivity contribution is -0.121. The van der Waals surface area contributed by atoms with Crippen molar-refractivity contribution in [2.45, 2.75) is 38.1 Å². The number of Topliss-reactive ketones (excluding diaryl/α,β-unsaturated/α-hetero) is 1. The second-order valence-electron chi connectivity index (χ2n) is 6.10. The van der Waals surface area contributed by atoms with Gasteiger partial charge in [-0.1, -0.05) is 36.4 Å². The van der Waals surface area contributed by atoms with E-state index in [1.165, 1.54) is 29.7 Å². The number of thiophene rings is 1. The molecule has 2 aromatic rings. The van der Waals surface area contributed by atoms with Crippen molar-refractivity contribution < 1.29 is 9.59 Å². The Kier molecular flexibility index (Phi) is 5.23. The van der Waals surface area contributed by atoms with Crippen molar-refractivity contribution in [2.24, 2.45) is 5.92 Å². The molecule has 1 amide bonds. The number of nitrogens with one attached hydrogen (secondary N) is 1. The minimum atomic E-state index is -0.0114. The number of amides is 1. The molecule has 1 aliphatic carbocycles. The topological polar surface area (TPSA) is 46.2 Å². The highest BCUT2D eigenvalue weighted by Crippen LogP contribution is 2.34. The Balaban J connectivity index is 1.49. The van der Waals surface area contributed by atoms with E-state index in [0.29, 0.717) is 5.92 Å². The van der Waals surface area contributed by atoms with Crippen LogP contribution in [0.1, 0.15) is 40.9 Å². The molecule has 1 aromatic heterocycles. The highest BCUT2D eigenvalue weighted by atomic mass is 32.1. The van der Waals surface area contributed by atoms with E-state index in [2.05, 4.69) is 17.4 Å². The molecular weight excluding hydrogens is 306 g/mol. The zero-order valence-electron chi connectivity index (χ0n) is 13.0. The van der Waals surface area contributed by atoms with E-state index in [4.69, 9.17) is 0 Å². The van der Waals surface area contributed by atoms with Crippen LogP contribution in [-0.4, -0.2) is 17.7 Å². The van der Waals surface area contributed by atoms with Crippen LogP contribution in [0.15, 0.2) is 47.8 Å². The number of carbonyl (C=O) groups is 2. The maximum atomic E-state index is 12.2. The Morgan fingerprint density at radius 2 is 1.87 bits per heavy atom. The molecule has 1 aromatic carbocycles. The highest BCUT2D eigenvalue weighted by Gasteiger charge is 2.32. The Bertz CT molecular complexity index is 647. The van der Waals surface area contributed by atoms with Gasteiger partial charge in [0.1, 0.15) is 0 Å². The fraction of sp³-hybridized carbons (Fsp3) is 0.368. The SMILES string of the molecule is O=C(CCC(=O)c1cccs1)NC(Cc1ccccc1)C1CC1. The lowest BCUT2D eigenvalue weighted by Crippen LogP contribution is -2.38. The summed E-state index contributed by atoms with van der Waals surface area (Å²) in [6, 6.07) is 14.1. The average molecular weight is 327 g/mol. The molecule has 1 heterocycles. The standard InChI is InChI=1S/C19H21NO2S/c21-17(18-7-4-12-23-18)10-11-19(22)20-16(15-8-9-15)13-14-5-2-1-3-6-14/h1-7,12,15-16H,8-11,13H2,(H,20,22). The van der Waals surface area contributed by atoms with Crippen LogP contribution in [0.4, 0.5) is 0 Å². The molecule has 0 radical (unpaired) electrons. The second-order valence-corrected chi connectivity index (χ2v) is 7.05. The van der Waals surface area contributed by atoms with Crippen molar-refractivity contribution in [3.8, 4) is 0 Å². The van der Waals surface area contributed by atoms with Gasteiger partial charge in [-0.15, -0.1) is 11.3 Å². The molecule has 1 saturated carbocycles. The van der Waals surface area contributed by atoms with Crippen LogP contribution >= 0.6 is 11.3 Å². The molecule has 3 rings (SSSR count). The summed E-state index contributed by atoms with van der Waals surface area (Å²) in [5.41, 5.74) is 1.25. The van der Waals surface area contributed by atoms with Crippen LogP contribution in [0.25, 0.3) is 0 Å². The second kappa shape index (κ2) is 7.55. The molecule has 1 N–H and O–H groups in total. The van der Waals surface area contributed by atoms with Crippen molar-refractivity contribution in [3.05, 3.63) is 58.3 Å². The molecule has 3 nitrogen and oxygen atoms in total. The molecule has 0 bridgehead atoms. The lowest BCUT2D eigenvalue weighted by atomic mass is 10.0. The van der Waals surface area contributed by atoms with Crippen LogP contribution in [0.5, 0.6) is 0 Å². The van der Waals surface area contributed by atoms with Crippen molar-refractivity contribution in [3.63, 3.8) is 0 Å². The van der Waals surface area contributed by atoms with Crippen molar-refractivity contribution >= 4 is 23.0 Å². The van der Waals surface area contributed by atoms with Gasteiger partial charge in [0.2, 0.25) is 5.91 Å². The van der Waals surface area contributed by atoms with E-state index in [1.54, 1.807) is 0 Å². The van der Waals surface area contributed by atoms with Crippen molar-refractivity contribution in [1.29, 1.82) is 0 Å². The third kappa shape index (κ3) is 4.76. The van der Waals surface area contributed by atoms with E-state index < -0.39 is 0 Å². The van der Waals surface area contributed by atoms with E-state index in [1.807, 2.05) is 35.7 Å². The lowest BCUT2D eigenvalue weighted by Gasteiger charge is -2.18. The number of hydrogen-bond acceptors (Lipinski definition) is 3. The van der Waals surface area contributed by atoms with Crippen LogP contribution in [0.3, 0.4) is 0 Å². The molecule has 1 aliphatic rings. The van der Waals surface area contributed by atoms with Crippen LogP contribution < -0.4 is 5.32 Å². The minimum Gasteiger partial charge on any atom is -0.353 e. The van der Waals surface area contributed by atoms with Gasteiger partial charge in [-0.05, 0) is 42.2 Å². The van der Waals surface area contributed by atoms with E-state index in [-0.39, 0.29) is 30.6 Å². The van der Waals surface area contributed by atoms with Crippen LogP contribution in [0.2, 0.25) is 0 Å². The molecule has 1 unspecified atom stereocenters. The summed E-state index contributed by atoms with van der Waals surface area (Å²) in [5, 5.41) is 5.03. The normalized spacial score (nSPS) is 15.1. The van der Waals surface area contributed by atoms with Gasteiger partial charge in [-0.25, -0.2) is 0 Å². The third-order valence-corrected chi connectivity index (χ3v) is 5.12. The average Bonchev–Trinajstić information content (AvgIpc) is 3.27. The van der Waals surface area contributed by atoms with Gasteiger partial charge in [0.15, 0.2) is 5.78 Å². The van der Waals surface area contributed by atoms with Gasteiger partial charge in [0.05, 0.1) is 4.88 Å². The summed E-state index contributed by atoms with van der Waals surface area (Å²) < 4.78 is 0. The largest absolute Gasteiger partial charge is 0.353 e. The summed E-state index contributed by atoms with van der Waals surface area (Å²) in [4.78, 5) is 24.9. The number of ketones is 1. The Morgan fingerprint density at radius 3 is 2.52 bits per heavy atom. The summed E-state index contributed by atoms with van der Waals surface area (Å²) in [6.45, 7) is 0. The summed E-state index contributed by atoms with van der Waals surface area (Å²) in [6.07, 6.45) is 3.80. The quantitative estimate of drug-likeness (QED) is 0.749. The minimum absolute atomic E-state index is 0.0114. The number of rotatable bonds is 8. The first-order valence-corrected chi connectivity index (χ1v) is 9.00. The Hall–Kier alpha value is -1.94. The number of hydrogen-bond donors (Lipinski definition) is 1. The molecule has 0 saturated heterocycles. The fourth-order valence-electron chi connectivity index (χ4n) is 2.77. The summed E-state index contributed by atoms with van der Waals surface area (Å²) in [7, 11) is 0. The molecule has 0 spiro atoms. The van der Waals surface area contributed by atoms with Crippen molar-refractivity contribution in [1.82, 2.24) is 5.32 Å². The monoisotopic (exact) mass is 327 g/mol. The number of carbonyl (C=O) groups excluding carboxylic acids is 2. The van der Waals surface area contributed by atoms with Gasteiger partial charge in [-0.2, -0.15) is 0 Å². The summed E-state index contributed by atoms with van der Waals surface area (Å²) >= 11 is 1.43. The predicted molar refractivity (Wildman–Crippen MR) is 92.7 cm³/mol. The first-order chi connectivity index (χ1) is 11.2. The number of benzene rings is 1. The van der Waals surface area contributed by atoms with Gasteiger partial charge >= 0.3 is 0 Å².